The first-order valence-electron chi connectivity index (χ1n) is 11.4. The Kier molecular flexibility index (Phi) is 8.25. The molecule has 4 nitrogen and oxygen atoms in total. The number of benzene rings is 1. The van der Waals surface area contributed by atoms with Crippen LogP contribution in [0.15, 0.2) is 47.8 Å². The summed E-state index contributed by atoms with van der Waals surface area (Å²) in [6, 6.07) is 14.9. The molecule has 168 valence electrons. The third kappa shape index (κ3) is 6.86. The molecule has 1 aromatic carbocycles. The fraction of sp³-hybridized carbons (Fsp3) is 0.520. The highest BCUT2D eigenvalue weighted by Crippen LogP contribution is 2.40. The summed E-state index contributed by atoms with van der Waals surface area (Å²) in [5.74, 6) is 1.65. The van der Waals surface area contributed by atoms with Gasteiger partial charge in [0, 0.05) is 0 Å². The van der Waals surface area contributed by atoms with Crippen LogP contribution in [0, 0.1) is 0 Å². The SMILES string of the molecule is CC(C)(C)[Si](C)(C)OC(CCCCCCc1ccccc1)c1nc(-c2cccs2)n[nH]1. The highest BCUT2D eigenvalue weighted by Gasteiger charge is 2.40. The minimum absolute atomic E-state index is 0.0174. The van der Waals surface area contributed by atoms with E-state index in [9.17, 15) is 0 Å². The summed E-state index contributed by atoms with van der Waals surface area (Å²) in [5.41, 5.74) is 1.43. The molecule has 1 unspecified atom stereocenters. The molecule has 3 aromatic rings. The van der Waals surface area contributed by atoms with Gasteiger partial charge in [0.1, 0.15) is 6.10 Å². The van der Waals surface area contributed by atoms with Gasteiger partial charge in [-0.05, 0) is 54.4 Å². The van der Waals surface area contributed by atoms with Gasteiger partial charge >= 0.3 is 0 Å². The number of aryl methyl sites for hydroxylation is 1. The third-order valence-electron chi connectivity index (χ3n) is 6.32. The molecular weight excluding hydrogens is 418 g/mol. The smallest absolute Gasteiger partial charge is 0.193 e. The van der Waals surface area contributed by atoms with Crippen molar-refractivity contribution in [3.63, 3.8) is 0 Å². The van der Waals surface area contributed by atoms with Gasteiger partial charge in [0.2, 0.25) is 0 Å². The monoisotopic (exact) mass is 455 g/mol. The van der Waals surface area contributed by atoms with Gasteiger partial charge in [0.05, 0.1) is 4.88 Å². The minimum Gasteiger partial charge on any atom is -0.407 e. The van der Waals surface area contributed by atoms with Crippen molar-refractivity contribution in [3.8, 4) is 10.7 Å². The maximum Gasteiger partial charge on any atom is 0.193 e. The number of hydrogen-bond acceptors (Lipinski definition) is 4. The van der Waals surface area contributed by atoms with Crippen LogP contribution in [0.3, 0.4) is 0 Å². The van der Waals surface area contributed by atoms with E-state index in [1.54, 1.807) is 11.3 Å². The molecule has 0 aliphatic carbocycles. The van der Waals surface area contributed by atoms with Crippen molar-refractivity contribution in [2.45, 2.75) is 83.5 Å². The van der Waals surface area contributed by atoms with E-state index >= 15 is 0 Å². The summed E-state index contributed by atoms with van der Waals surface area (Å²) in [5, 5.41) is 9.88. The van der Waals surface area contributed by atoms with Crippen LogP contribution in [0.1, 0.15) is 70.4 Å². The molecule has 0 bridgehead atoms. The largest absolute Gasteiger partial charge is 0.407 e. The lowest BCUT2D eigenvalue weighted by Crippen LogP contribution is -2.42. The van der Waals surface area contributed by atoms with E-state index in [0.717, 1.165) is 35.8 Å². The molecule has 0 radical (unpaired) electrons. The van der Waals surface area contributed by atoms with E-state index in [2.05, 4.69) is 85.8 Å². The molecule has 0 spiro atoms. The summed E-state index contributed by atoms with van der Waals surface area (Å²) >= 11 is 1.67. The van der Waals surface area contributed by atoms with Gasteiger partial charge in [-0.25, -0.2) is 4.98 Å². The van der Waals surface area contributed by atoms with Crippen LogP contribution in [0.2, 0.25) is 18.1 Å². The van der Waals surface area contributed by atoms with Gasteiger partial charge < -0.3 is 4.43 Å². The van der Waals surface area contributed by atoms with Gasteiger partial charge in [-0.15, -0.1) is 11.3 Å². The number of thiophene rings is 1. The zero-order valence-electron chi connectivity index (χ0n) is 19.6. The second-order valence-electron chi connectivity index (χ2n) is 9.83. The molecule has 0 saturated heterocycles. The van der Waals surface area contributed by atoms with Crippen molar-refractivity contribution in [2.75, 3.05) is 0 Å². The Balaban J connectivity index is 1.58. The van der Waals surface area contributed by atoms with Gasteiger partial charge in [0.15, 0.2) is 20.0 Å². The number of nitrogens with one attached hydrogen (secondary N) is 1. The van der Waals surface area contributed by atoms with Crippen LogP contribution in [0.5, 0.6) is 0 Å². The van der Waals surface area contributed by atoms with Crippen molar-refractivity contribution >= 4 is 19.7 Å². The first-order chi connectivity index (χ1) is 14.8. The van der Waals surface area contributed by atoms with E-state index in [4.69, 9.17) is 9.41 Å². The fourth-order valence-electron chi connectivity index (χ4n) is 3.38. The minimum atomic E-state index is -1.91. The lowest BCUT2D eigenvalue weighted by atomic mass is 10.0. The maximum atomic E-state index is 6.80. The topological polar surface area (TPSA) is 50.8 Å². The normalized spacial score (nSPS) is 13.5. The van der Waals surface area contributed by atoms with Crippen molar-refractivity contribution < 1.29 is 4.43 Å². The van der Waals surface area contributed by atoms with E-state index in [1.807, 2.05) is 6.07 Å². The molecule has 3 rings (SSSR count). The van der Waals surface area contributed by atoms with Crippen LogP contribution in [-0.2, 0) is 10.8 Å². The predicted octanol–water partition coefficient (Wildman–Crippen LogP) is 7.79. The standard InChI is InChI=1S/C25H37N3OSSi/c1-25(2,3)31(4,5)29-21(23-26-24(28-27-23)22-18-13-19-30-22)17-12-7-6-9-14-20-15-10-8-11-16-20/h8,10-11,13,15-16,18-19,21H,6-7,9,12,14,17H2,1-5H3,(H,26,27,28). The molecule has 0 amide bonds. The van der Waals surface area contributed by atoms with Crippen LogP contribution < -0.4 is 0 Å². The number of nitrogens with zero attached hydrogens (tertiary/aromatic N) is 2. The van der Waals surface area contributed by atoms with Crippen molar-refractivity contribution in [1.82, 2.24) is 15.2 Å². The summed E-state index contributed by atoms with van der Waals surface area (Å²) in [6.07, 6.45) is 6.98. The number of aromatic amines is 1. The summed E-state index contributed by atoms with van der Waals surface area (Å²) in [7, 11) is -1.91. The molecule has 1 atom stereocenters. The second-order valence-corrected chi connectivity index (χ2v) is 15.5. The van der Waals surface area contributed by atoms with Crippen LogP contribution in [-0.4, -0.2) is 23.5 Å². The molecule has 0 aliphatic heterocycles. The van der Waals surface area contributed by atoms with Gasteiger partial charge in [-0.1, -0.05) is 76.4 Å². The average Bonchev–Trinajstić information content (AvgIpc) is 3.41. The Morgan fingerprint density at radius 3 is 2.42 bits per heavy atom. The molecule has 2 heterocycles. The number of H-pyrrole nitrogens is 1. The van der Waals surface area contributed by atoms with Crippen molar-refractivity contribution in [1.29, 1.82) is 0 Å². The second kappa shape index (κ2) is 10.7. The highest BCUT2D eigenvalue weighted by atomic mass is 32.1. The Labute approximate surface area is 192 Å². The number of aromatic nitrogens is 3. The molecule has 0 fully saturated rings. The van der Waals surface area contributed by atoms with E-state index in [-0.39, 0.29) is 11.1 Å². The highest BCUT2D eigenvalue weighted by molar-refractivity contribution is 7.13. The molecule has 0 saturated carbocycles. The molecule has 6 heteroatoms. The fourth-order valence-corrected chi connectivity index (χ4v) is 5.33. The van der Waals surface area contributed by atoms with E-state index in [0.29, 0.717) is 0 Å². The average molecular weight is 456 g/mol. The Morgan fingerprint density at radius 1 is 1.00 bits per heavy atom. The third-order valence-corrected chi connectivity index (χ3v) is 11.7. The number of hydrogen-bond donors (Lipinski definition) is 1. The lowest BCUT2D eigenvalue weighted by Gasteiger charge is -2.38. The van der Waals surface area contributed by atoms with Crippen LogP contribution >= 0.6 is 11.3 Å². The van der Waals surface area contributed by atoms with Gasteiger partial charge in [-0.3, -0.25) is 5.10 Å². The molecule has 1 N–H and O–H groups in total. The molecular formula is C25H37N3OSSi. The number of unbranched alkanes of at least 4 members (excludes halogenated alkanes) is 3. The molecule has 2 aromatic heterocycles. The zero-order valence-corrected chi connectivity index (χ0v) is 21.5. The quantitative estimate of drug-likeness (QED) is 0.237. The van der Waals surface area contributed by atoms with Gasteiger partial charge in [-0.2, -0.15) is 5.10 Å². The Morgan fingerprint density at radius 2 is 1.74 bits per heavy atom. The lowest BCUT2D eigenvalue weighted by molar-refractivity contribution is 0.161. The van der Waals surface area contributed by atoms with Gasteiger partial charge in [0.25, 0.3) is 0 Å². The predicted molar refractivity (Wildman–Crippen MR) is 134 cm³/mol. The first kappa shape index (κ1) is 23.9. The van der Waals surface area contributed by atoms with E-state index in [1.165, 1.54) is 24.8 Å². The maximum absolute atomic E-state index is 6.80. The van der Waals surface area contributed by atoms with Crippen LogP contribution in [0.25, 0.3) is 10.7 Å². The molecule has 0 aliphatic rings. The van der Waals surface area contributed by atoms with Crippen molar-refractivity contribution in [3.05, 3.63) is 59.2 Å². The number of rotatable bonds is 11. The van der Waals surface area contributed by atoms with Crippen LogP contribution in [0.4, 0.5) is 0 Å². The Hall–Kier alpha value is -1.76. The van der Waals surface area contributed by atoms with E-state index < -0.39 is 8.32 Å². The zero-order chi connectivity index (χ0) is 22.3. The molecule has 31 heavy (non-hydrogen) atoms. The first-order valence-corrected chi connectivity index (χ1v) is 15.2. The summed E-state index contributed by atoms with van der Waals surface area (Å²) in [4.78, 5) is 5.91. The summed E-state index contributed by atoms with van der Waals surface area (Å²) in [6.45, 7) is 11.5. The Bertz CT molecular complexity index is 901. The van der Waals surface area contributed by atoms with Crippen molar-refractivity contribution in [2.24, 2.45) is 0 Å². The summed E-state index contributed by atoms with van der Waals surface area (Å²) < 4.78 is 6.80.